The number of benzene rings is 1. The van der Waals surface area contributed by atoms with Gasteiger partial charge in [0.05, 0.1) is 12.7 Å². The van der Waals surface area contributed by atoms with Gasteiger partial charge in [0.25, 0.3) is 0 Å². The normalized spacial score (nSPS) is 12.0. The molecule has 0 aliphatic rings. The molecule has 0 saturated carbocycles. The minimum Gasteiger partial charge on any atom is -0.492 e. The van der Waals surface area contributed by atoms with Gasteiger partial charge in [-0.1, -0.05) is 0 Å². The van der Waals surface area contributed by atoms with Crippen LogP contribution < -0.4 is 10.1 Å². The molecular weight excluding hydrogens is 299 g/mol. The molecule has 0 bridgehead atoms. The minimum absolute atomic E-state index is 0.0665. The van der Waals surface area contributed by atoms with Crippen molar-refractivity contribution in [1.29, 1.82) is 0 Å². The number of nitrogens with zero attached hydrogens (tertiary/aromatic N) is 3. The highest BCUT2D eigenvalue weighted by Gasteiger charge is 2.23. The summed E-state index contributed by atoms with van der Waals surface area (Å²) in [6, 6.07) is 5.35. The van der Waals surface area contributed by atoms with E-state index in [2.05, 4.69) is 10.4 Å². The van der Waals surface area contributed by atoms with Crippen LogP contribution in [0.4, 0.5) is 4.39 Å². The summed E-state index contributed by atoms with van der Waals surface area (Å²) in [7, 11) is 5.26. The number of carbonyl (C=O) groups excluding carboxylic acids is 1. The van der Waals surface area contributed by atoms with Crippen LogP contribution in [0.2, 0.25) is 0 Å². The molecule has 0 fully saturated rings. The van der Waals surface area contributed by atoms with Crippen molar-refractivity contribution >= 4 is 5.91 Å². The Balaban J connectivity index is 1.87. The smallest absolute Gasteiger partial charge is 0.244 e. The van der Waals surface area contributed by atoms with Gasteiger partial charge < -0.3 is 15.0 Å². The van der Waals surface area contributed by atoms with Gasteiger partial charge in [-0.2, -0.15) is 5.10 Å². The standard InChI is InChI=1S/C16H21FN4O2/c1-18-15(12-10-19-21(3)11-12)16(22)20(2)8-9-23-14-6-4-13(17)5-7-14/h4-7,10-11,15,18H,8-9H2,1-3H3. The van der Waals surface area contributed by atoms with Crippen LogP contribution in [0.1, 0.15) is 11.6 Å². The van der Waals surface area contributed by atoms with Gasteiger partial charge in [-0.25, -0.2) is 4.39 Å². The van der Waals surface area contributed by atoms with Crippen molar-refractivity contribution in [3.63, 3.8) is 0 Å². The van der Waals surface area contributed by atoms with Crippen LogP contribution in [0.15, 0.2) is 36.7 Å². The summed E-state index contributed by atoms with van der Waals surface area (Å²) in [5.74, 6) is 0.200. The summed E-state index contributed by atoms with van der Waals surface area (Å²) >= 11 is 0. The van der Waals surface area contributed by atoms with E-state index in [-0.39, 0.29) is 11.7 Å². The maximum Gasteiger partial charge on any atom is 0.244 e. The summed E-state index contributed by atoms with van der Waals surface area (Å²) in [5.41, 5.74) is 0.811. The number of rotatable bonds is 7. The van der Waals surface area contributed by atoms with Crippen LogP contribution >= 0.6 is 0 Å². The topological polar surface area (TPSA) is 59.4 Å². The average Bonchev–Trinajstić information content (AvgIpc) is 2.96. The lowest BCUT2D eigenvalue weighted by Crippen LogP contribution is -2.39. The Labute approximate surface area is 134 Å². The minimum atomic E-state index is -0.445. The second kappa shape index (κ2) is 7.73. The van der Waals surface area contributed by atoms with E-state index in [0.29, 0.717) is 18.9 Å². The van der Waals surface area contributed by atoms with Crippen molar-refractivity contribution in [2.24, 2.45) is 7.05 Å². The molecule has 1 amide bonds. The molecule has 6 nitrogen and oxygen atoms in total. The van der Waals surface area contributed by atoms with Crippen LogP contribution in [0.3, 0.4) is 0 Å². The first kappa shape index (κ1) is 17.0. The lowest BCUT2D eigenvalue weighted by molar-refractivity contribution is -0.132. The lowest BCUT2D eigenvalue weighted by Gasteiger charge is -2.23. The van der Waals surface area contributed by atoms with E-state index in [0.717, 1.165) is 5.56 Å². The molecule has 7 heteroatoms. The molecule has 0 spiro atoms. The maximum absolute atomic E-state index is 12.8. The van der Waals surface area contributed by atoms with Crippen molar-refractivity contribution in [3.8, 4) is 5.75 Å². The first-order chi connectivity index (χ1) is 11.0. The van der Waals surface area contributed by atoms with Gasteiger partial charge in [-0.15, -0.1) is 0 Å². The van der Waals surface area contributed by atoms with Gasteiger partial charge in [-0.3, -0.25) is 9.48 Å². The monoisotopic (exact) mass is 320 g/mol. The summed E-state index contributed by atoms with van der Waals surface area (Å²) in [6.45, 7) is 0.756. The van der Waals surface area contributed by atoms with Crippen molar-refractivity contribution in [1.82, 2.24) is 20.0 Å². The Kier molecular flexibility index (Phi) is 5.70. The van der Waals surface area contributed by atoms with Gasteiger partial charge >= 0.3 is 0 Å². The maximum atomic E-state index is 12.8. The molecule has 0 radical (unpaired) electrons. The Bertz CT molecular complexity index is 642. The van der Waals surface area contributed by atoms with Crippen LogP contribution in [0, 0.1) is 5.82 Å². The highest BCUT2D eigenvalue weighted by molar-refractivity contribution is 5.82. The average molecular weight is 320 g/mol. The summed E-state index contributed by atoms with van der Waals surface area (Å²) in [5, 5.41) is 7.09. The van der Waals surface area contributed by atoms with Crippen LogP contribution in [0.5, 0.6) is 5.75 Å². The predicted octanol–water partition coefficient (Wildman–Crippen LogP) is 1.36. The zero-order valence-electron chi connectivity index (χ0n) is 13.5. The first-order valence-corrected chi connectivity index (χ1v) is 7.30. The van der Waals surface area contributed by atoms with Gasteiger partial charge in [0.1, 0.15) is 24.2 Å². The van der Waals surface area contributed by atoms with Crippen LogP contribution in [-0.4, -0.2) is 47.8 Å². The van der Waals surface area contributed by atoms with E-state index in [1.54, 1.807) is 49.1 Å². The summed E-state index contributed by atoms with van der Waals surface area (Å²) in [4.78, 5) is 14.1. The Hall–Kier alpha value is -2.41. The Morgan fingerprint density at radius 2 is 2.13 bits per heavy atom. The third-order valence-electron chi connectivity index (χ3n) is 3.48. The molecule has 1 atom stereocenters. The SMILES string of the molecule is CNC(C(=O)N(C)CCOc1ccc(F)cc1)c1cnn(C)c1. The third-order valence-corrected chi connectivity index (χ3v) is 3.48. The molecule has 1 heterocycles. The number of aromatic nitrogens is 2. The van der Waals surface area contributed by atoms with E-state index in [1.165, 1.54) is 12.1 Å². The highest BCUT2D eigenvalue weighted by Crippen LogP contribution is 2.14. The molecule has 1 aromatic heterocycles. The van der Waals surface area contributed by atoms with Crippen molar-refractivity contribution < 1.29 is 13.9 Å². The molecular formula is C16H21FN4O2. The fourth-order valence-corrected chi connectivity index (χ4v) is 2.18. The molecule has 1 N–H and O–H groups in total. The van der Waals surface area contributed by atoms with Crippen LogP contribution in [-0.2, 0) is 11.8 Å². The van der Waals surface area contributed by atoms with Crippen molar-refractivity contribution in [3.05, 3.63) is 48.0 Å². The number of amides is 1. The third kappa shape index (κ3) is 4.53. The molecule has 0 saturated heterocycles. The summed E-state index contributed by atoms with van der Waals surface area (Å²) < 4.78 is 20.0. The first-order valence-electron chi connectivity index (χ1n) is 7.30. The van der Waals surface area contributed by atoms with E-state index < -0.39 is 6.04 Å². The number of ether oxygens (including phenoxy) is 1. The van der Waals surface area contributed by atoms with E-state index in [9.17, 15) is 9.18 Å². The largest absolute Gasteiger partial charge is 0.492 e. The molecule has 124 valence electrons. The van der Waals surface area contributed by atoms with Gasteiger partial charge in [0.15, 0.2) is 0 Å². The molecule has 0 aliphatic heterocycles. The Morgan fingerprint density at radius 1 is 1.43 bits per heavy atom. The second-order valence-corrected chi connectivity index (χ2v) is 5.23. The predicted molar refractivity (Wildman–Crippen MR) is 84.5 cm³/mol. The fraction of sp³-hybridized carbons (Fsp3) is 0.375. The molecule has 1 unspecified atom stereocenters. The van der Waals surface area contributed by atoms with Crippen molar-refractivity contribution in [2.75, 3.05) is 27.2 Å². The molecule has 2 aromatic rings. The lowest BCUT2D eigenvalue weighted by atomic mass is 10.1. The quantitative estimate of drug-likeness (QED) is 0.837. The zero-order chi connectivity index (χ0) is 16.8. The van der Waals surface area contributed by atoms with Gasteiger partial charge in [-0.05, 0) is 31.3 Å². The number of nitrogens with one attached hydrogen (secondary N) is 1. The second-order valence-electron chi connectivity index (χ2n) is 5.23. The van der Waals surface area contributed by atoms with E-state index in [4.69, 9.17) is 4.74 Å². The number of aryl methyl sites for hydroxylation is 1. The fourth-order valence-electron chi connectivity index (χ4n) is 2.18. The number of halogens is 1. The highest BCUT2D eigenvalue weighted by atomic mass is 19.1. The summed E-state index contributed by atoms with van der Waals surface area (Å²) in [6.07, 6.45) is 3.48. The Morgan fingerprint density at radius 3 is 2.70 bits per heavy atom. The number of hydrogen-bond acceptors (Lipinski definition) is 4. The van der Waals surface area contributed by atoms with Gasteiger partial charge in [0, 0.05) is 25.9 Å². The number of hydrogen-bond donors (Lipinski definition) is 1. The molecule has 2 rings (SSSR count). The zero-order valence-corrected chi connectivity index (χ0v) is 13.5. The molecule has 23 heavy (non-hydrogen) atoms. The number of carbonyl (C=O) groups is 1. The van der Waals surface area contributed by atoms with E-state index >= 15 is 0 Å². The van der Waals surface area contributed by atoms with Crippen molar-refractivity contribution in [2.45, 2.75) is 6.04 Å². The van der Waals surface area contributed by atoms with Crippen LogP contribution in [0.25, 0.3) is 0 Å². The van der Waals surface area contributed by atoms with E-state index in [1.807, 2.05) is 6.20 Å². The number of likely N-dealkylation sites (N-methyl/N-ethyl adjacent to an activating group) is 2. The van der Waals surface area contributed by atoms with Gasteiger partial charge in [0.2, 0.25) is 5.91 Å². The molecule has 0 aliphatic carbocycles. The molecule has 1 aromatic carbocycles.